The van der Waals surface area contributed by atoms with Crippen molar-refractivity contribution >= 4 is 27.5 Å². The van der Waals surface area contributed by atoms with Crippen molar-refractivity contribution < 1.29 is 33.2 Å². The number of aryl methyl sites for hydroxylation is 1. The van der Waals surface area contributed by atoms with E-state index < -0.39 is 11.4 Å². The molecule has 1 saturated heterocycles. The van der Waals surface area contributed by atoms with Crippen LogP contribution < -0.4 is 14.4 Å². The van der Waals surface area contributed by atoms with Crippen LogP contribution in [0, 0.1) is 17.0 Å². The van der Waals surface area contributed by atoms with Crippen molar-refractivity contribution in [3.63, 3.8) is 0 Å². The van der Waals surface area contributed by atoms with E-state index in [0.29, 0.717) is 70.5 Å². The number of hydrogen-bond acceptors (Lipinski definition) is 9. The molecule has 0 amide bonds. The molecule has 1 atom stereocenters. The maximum Gasteiger partial charge on any atom is 0.319 e. The normalized spacial score (nSPS) is 20.8. The zero-order chi connectivity index (χ0) is 32.2. The highest BCUT2D eigenvalue weighted by Crippen LogP contribution is 2.49. The topological polar surface area (TPSA) is 110 Å². The molecule has 9 nitrogen and oxygen atoms in total. The third-order valence-electron chi connectivity index (χ3n) is 9.61. The van der Waals surface area contributed by atoms with Crippen LogP contribution in [-0.2, 0) is 11.2 Å². The zero-order valence-corrected chi connectivity index (χ0v) is 26.5. The first-order valence-corrected chi connectivity index (χ1v) is 16.2. The molecule has 46 heavy (non-hydrogen) atoms. The first-order chi connectivity index (χ1) is 22.2. The monoisotopic (exact) mass is 634 g/mol. The van der Waals surface area contributed by atoms with Crippen molar-refractivity contribution in [2.45, 2.75) is 70.3 Å². The number of halogens is 2. The van der Waals surface area contributed by atoms with Gasteiger partial charge >= 0.3 is 6.01 Å². The number of piperidine rings is 1. The SMILES string of the molecule is CCc1c(F)ccc2cc(OCOC)cc(-c3nc(C4CC4)c4c(N5CCC[C@@](C)(O)C5)nc(OCC5(CO)CC5)nc4c3F)c12. The Kier molecular flexibility index (Phi) is 7.97. The summed E-state index contributed by atoms with van der Waals surface area (Å²) in [5.74, 6) is -0.0471. The Hall–Kier alpha value is -3.67. The Bertz CT molecular complexity index is 1810. The van der Waals surface area contributed by atoms with Crippen LogP contribution in [0.1, 0.15) is 69.5 Å². The van der Waals surface area contributed by atoms with E-state index >= 15 is 8.78 Å². The standard InChI is InChI=1S/C35H40F2N4O5/c1-4-23-25(36)9-8-21-14-22(46-19-44-3)15-24(26(21)23)30-28(37)31-27(29(38-30)20-6-7-20)32(41-13-5-10-34(2,43)16-41)40-33(39-31)45-18-35(17-42)11-12-35/h8-9,14-15,20,42-43H,4-7,10-13,16-19H2,1-3H3/t34-/m1/s1. The van der Waals surface area contributed by atoms with Gasteiger partial charge in [-0.05, 0) is 86.4 Å². The molecular formula is C35H40F2N4O5. The molecule has 2 aromatic heterocycles. The number of pyridine rings is 1. The van der Waals surface area contributed by atoms with Gasteiger partial charge in [-0.25, -0.2) is 13.8 Å². The molecule has 244 valence electrons. The average molecular weight is 635 g/mol. The lowest BCUT2D eigenvalue weighted by Crippen LogP contribution is -2.46. The van der Waals surface area contributed by atoms with Gasteiger partial charge in [0.05, 0.1) is 29.9 Å². The molecule has 1 aliphatic heterocycles. The van der Waals surface area contributed by atoms with Gasteiger partial charge in [-0.2, -0.15) is 9.97 Å². The number of aliphatic hydroxyl groups excluding tert-OH is 1. The van der Waals surface area contributed by atoms with Crippen molar-refractivity contribution in [2.75, 3.05) is 45.1 Å². The van der Waals surface area contributed by atoms with Gasteiger partial charge in [0.25, 0.3) is 0 Å². The van der Waals surface area contributed by atoms with Crippen LogP contribution in [0.25, 0.3) is 32.9 Å². The van der Waals surface area contributed by atoms with Crippen LogP contribution in [0.2, 0.25) is 0 Å². The van der Waals surface area contributed by atoms with Crippen molar-refractivity contribution in [1.82, 2.24) is 15.0 Å². The third kappa shape index (κ3) is 5.73. The molecule has 2 saturated carbocycles. The predicted molar refractivity (Wildman–Crippen MR) is 170 cm³/mol. The number of ether oxygens (including phenoxy) is 3. The molecule has 0 bridgehead atoms. The smallest absolute Gasteiger partial charge is 0.319 e. The number of fused-ring (bicyclic) bond motifs is 2. The number of benzene rings is 2. The Morgan fingerprint density at radius 1 is 1.04 bits per heavy atom. The van der Waals surface area contributed by atoms with Crippen molar-refractivity contribution in [2.24, 2.45) is 5.41 Å². The van der Waals surface area contributed by atoms with Gasteiger partial charge in [0, 0.05) is 37.1 Å². The summed E-state index contributed by atoms with van der Waals surface area (Å²) in [5.41, 5.74) is 0.381. The lowest BCUT2D eigenvalue weighted by atomic mass is 9.93. The summed E-state index contributed by atoms with van der Waals surface area (Å²) in [6, 6.07) is 6.57. The van der Waals surface area contributed by atoms with E-state index in [1.54, 1.807) is 25.1 Å². The van der Waals surface area contributed by atoms with E-state index in [1.807, 2.05) is 11.8 Å². The molecule has 3 fully saturated rings. The molecule has 4 aromatic rings. The molecule has 2 aromatic carbocycles. The second-order valence-corrected chi connectivity index (χ2v) is 13.5. The summed E-state index contributed by atoms with van der Waals surface area (Å²) in [6.45, 7) is 4.79. The Balaban J connectivity index is 1.49. The van der Waals surface area contributed by atoms with E-state index in [2.05, 4.69) is 4.98 Å². The molecule has 11 heteroatoms. The van der Waals surface area contributed by atoms with Gasteiger partial charge in [0.1, 0.15) is 28.6 Å². The van der Waals surface area contributed by atoms with Crippen LogP contribution >= 0.6 is 0 Å². The van der Waals surface area contributed by atoms with E-state index in [-0.39, 0.29) is 54.4 Å². The van der Waals surface area contributed by atoms with Crippen LogP contribution in [0.15, 0.2) is 24.3 Å². The van der Waals surface area contributed by atoms with Gasteiger partial charge in [0.2, 0.25) is 0 Å². The maximum atomic E-state index is 17.2. The van der Waals surface area contributed by atoms with Gasteiger partial charge in [-0.15, -0.1) is 0 Å². The number of rotatable bonds is 11. The fourth-order valence-electron chi connectivity index (χ4n) is 6.66. The Labute approximate surface area is 266 Å². The second-order valence-electron chi connectivity index (χ2n) is 13.5. The molecule has 2 aliphatic carbocycles. The number of β-amino-alcohol motifs (C(OH)–C–C–N with tert-alkyl or cyclic N) is 1. The fraction of sp³-hybridized carbons (Fsp3) is 0.514. The fourth-order valence-corrected chi connectivity index (χ4v) is 6.66. The van der Waals surface area contributed by atoms with Crippen molar-refractivity contribution in [3.05, 3.63) is 47.2 Å². The summed E-state index contributed by atoms with van der Waals surface area (Å²) >= 11 is 0. The van der Waals surface area contributed by atoms with E-state index in [1.165, 1.54) is 13.2 Å². The number of hydrogen-bond donors (Lipinski definition) is 2. The Morgan fingerprint density at radius 3 is 2.52 bits per heavy atom. The number of methoxy groups -OCH3 is 1. The van der Waals surface area contributed by atoms with Crippen LogP contribution in [0.5, 0.6) is 11.8 Å². The van der Waals surface area contributed by atoms with E-state index in [9.17, 15) is 10.2 Å². The molecule has 3 heterocycles. The molecule has 2 N–H and O–H groups in total. The minimum atomic E-state index is -0.945. The van der Waals surface area contributed by atoms with E-state index in [4.69, 9.17) is 24.2 Å². The maximum absolute atomic E-state index is 17.2. The Morgan fingerprint density at radius 2 is 1.85 bits per heavy atom. The average Bonchev–Trinajstić information content (AvgIpc) is 3.98. The number of nitrogens with zero attached hydrogens (tertiary/aromatic N) is 4. The third-order valence-corrected chi connectivity index (χ3v) is 9.61. The van der Waals surface area contributed by atoms with Crippen molar-refractivity contribution in [3.8, 4) is 23.0 Å². The summed E-state index contributed by atoms with van der Waals surface area (Å²) in [5, 5.41) is 22.7. The highest BCUT2D eigenvalue weighted by Gasteiger charge is 2.43. The lowest BCUT2D eigenvalue weighted by Gasteiger charge is -2.38. The molecule has 7 rings (SSSR count). The highest BCUT2D eigenvalue weighted by molar-refractivity contribution is 6.02. The van der Waals surface area contributed by atoms with E-state index in [0.717, 1.165) is 32.1 Å². The highest BCUT2D eigenvalue weighted by atomic mass is 19.1. The number of aliphatic hydroxyl groups is 2. The zero-order valence-electron chi connectivity index (χ0n) is 26.5. The minimum Gasteiger partial charge on any atom is -0.468 e. The minimum absolute atomic E-state index is 0.00701. The molecule has 0 radical (unpaired) electrons. The number of anilines is 1. The van der Waals surface area contributed by atoms with Crippen LogP contribution in [-0.4, -0.2) is 71.0 Å². The lowest BCUT2D eigenvalue weighted by molar-refractivity contribution is 0.0447. The molecule has 0 spiro atoms. The summed E-state index contributed by atoms with van der Waals surface area (Å²) in [4.78, 5) is 16.5. The first-order valence-electron chi connectivity index (χ1n) is 16.2. The summed E-state index contributed by atoms with van der Waals surface area (Å²) in [7, 11) is 1.52. The predicted octanol–water partition coefficient (Wildman–Crippen LogP) is 6.05. The summed E-state index contributed by atoms with van der Waals surface area (Å²) in [6.07, 6.45) is 5.20. The number of aromatic nitrogens is 3. The molecular weight excluding hydrogens is 594 g/mol. The quantitative estimate of drug-likeness (QED) is 0.191. The molecule has 0 unspecified atom stereocenters. The first kappa shape index (κ1) is 31.0. The van der Waals surface area contributed by atoms with Gasteiger partial charge in [0.15, 0.2) is 12.6 Å². The van der Waals surface area contributed by atoms with Crippen LogP contribution in [0.3, 0.4) is 0 Å². The second kappa shape index (κ2) is 11.8. The summed E-state index contributed by atoms with van der Waals surface area (Å²) < 4.78 is 49.5. The molecule has 3 aliphatic rings. The van der Waals surface area contributed by atoms with Gasteiger partial charge in [-0.1, -0.05) is 13.0 Å². The van der Waals surface area contributed by atoms with Crippen LogP contribution in [0.4, 0.5) is 14.6 Å². The largest absolute Gasteiger partial charge is 0.468 e. The van der Waals surface area contributed by atoms with Gasteiger partial charge < -0.3 is 29.3 Å². The van der Waals surface area contributed by atoms with Gasteiger partial charge in [-0.3, -0.25) is 0 Å². The van der Waals surface area contributed by atoms with Crippen molar-refractivity contribution in [1.29, 1.82) is 0 Å².